The number of rotatable bonds is 6. The number of likely N-dealkylation sites (N-methyl/N-ethyl adjacent to an activating group) is 1. The van der Waals surface area contributed by atoms with Crippen molar-refractivity contribution in [3.63, 3.8) is 0 Å². The second-order valence-electron chi connectivity index (χ2n) is 4.89. The molecule has 0 saturated carbocycles. The molecule has 0 amide bonds. The lowest BCUT2D eigenvalue weighted by Gasteiger charge is -2.22. The summed E-state index contributed by atoms with van der Waals surface area (Å²) in [5.41, 5.74) is 0.920. The zero-order valence-corrected chi connectivity index (χ0v) is 11.2. The number of benzene rings is 1. The third kappa shape index (κ3) is 4.73. The summed E-state index contributed by atoms with van der Waals surface area (Å²) in [5, 5.41) is 3.46. The van der Waals surface area contributed by atoms with Crippen LogP contribution in [0.15, 0.2) is 24.3 Å². The van der Waals surface area contributed by atoms with Crippen molar-refractivity contribution in [2.24, 2.45) is 5.92 Å². The van der Waals surface area contributed by atoms with Crippen LogP contribution in [0.3, 0.4) is 0 Å². The van der Waals surface area contributed by atoms with Crippen molar-refractivity contribution in [3.8, 4) is 0 Å². The number of anilines is 1. The third-order valence-electron chi connectivity index (χ3n) is 3.16. The van der Waals surface area contributed by atoms with Crippen LogP contribution < -0.4 is 10.2 Å². The second kappa shape index (κ2) is 6.60. The Morgan fingerprint density at radius 3 is 2.59 bits per heavy atom. The van der Waals surface area contributed by atoms with Gasteiger partial charge >= 0.3 is 0 Å². The molecule has 0 aliphatic rings. The van der Waals surface area contributed by atoms with Gasteiger partial charge in [0.05, 0.1) is 0 Å². The van der Waals surface area contributed by atoms with E-state index in [1.165, 1.54) is 6.07 Å². The van der Waals surface area contributed by atoms with Gasteiger partial charge in [-0.1, -0.05) is 19.9 Å². The Morgan fingerprint density at radius 2 is 2.00 bits per heavy atom. The molecule has 1 unspecified atom stereocenters. The molecule has 96 valence electrons. The smallest absolute Gasteiger partial charge is 0.125 e. The van der Waals surface area contributed by atoms with E-state index in [0.717, 1.165) is 18.8 Å². The van der Waals surface area contributed by atoms with Gasteiger partial charge < -0.3 is 10.2 Å². The van der Waals surface area contributed by atoms with Crippen LogP contribution in [0.1, 0.15) is 20.8 Å². The van der Waals surface area contributed by atoms with E-state index in [1.807, 2.05) is 13.1 Å². The molecule has 0 heterocycles. The van der Waals surface area contributed by atoms with E-state index in [-0.39, 0.29) is 5.82 Å². The number of halogens is 1. The lowest BCUT2D eigenvalue weighted by atomic mass is 10.1. The molecule has 0 fully saturated rings. The Kier molecular flexibility index (Phi) is 5.42. The summed E-state index contributed by atoms with van der Waals surface area (Å²) in [6.07, 6.45) is 0. The van der Waals surface area contributed by atoms with Crippen LogP contribution in [-0.4, -0.2) is 26.2 Å². The maximum atomic E-state index is 13.0. The Labute approximate surface area is 104 Å². The molecule has 0 radical (unpaired) electrons. The predicted octanol–water partition coefficient (Wildman–Crippen LogP) is 2.90. The molecule has 2 nitrogen and oxygen atoms in total. The van der Waals surface area contributed by atoms with E-state index in [2.05, 4.69) is 31.0 Å². The van der Waals surface area contributed by atoms with Gasteiger partial charge in [-0.2, -0.15) is 0 Å². The van der Waals surface area contributed by atoms with Crippen LogP contribution >= 0.6 is 0 Å². The van der Waals surface area contributed by atoms with Crippen LogP contribution in [-0.2, 0) is 0 Å². The van der Waals surface area contributed by atoms with E-state index in [4.69, 9.17) is 0 Å². The van der Waals surface area contributed by atoms with Gasteiger partial charge in [0.25, 0.3) is 0 Å². The fourth-order valence-corrected chi connectivity index (χ4v) is 1.54. The van der Waals surface area contributed by atoms with Gasteiger partial charge in [-0.15, -0.1) is 0 Å². The number of nitrogens with one attached hydrogen (secondary N) is 1. The molecule has 0 aromatic heterocycles. The van der Waals surface area contributed by atoms with Crippen molar-refractivity contribution >= 4 is 5.69 Å². The highest BCUT2D eigenvalue weighted by atomic mass is 19.1. The molecular weight excluding hydrogens is 215 g/mol. The second-order valence-corrected chi connectivity index (χ2v) is 4.89. The lowest BCUT2D eigenvalue weighted by Crippen LogP contribution is -2.36. The molecule has 0 spiro atoms. The van der Waals surface area contributed by atoms with Crippen LogP contribution in [0.4, 0.5) is 10.1 Å². The highest BCUT2D eigenvalue weighted by Gasteiger charge is 2.06. The Hall–Kier alpha value is -1.09. The monoisotopic (exact) mass is 238 g/mol. The Balaban J connectivity index is 2.37. The fraction of sp³-hybridized carbons (Fsp3) is 0.571. The molecule has 0 aliphatic carbocycles. The molecule has 0 saturated heterocycles. The zero-order valence-electron chi connectivity index (χ0n) is 11.2. The van der Waals surface area contributed by atoms with Crippen molar-refractivity contribution in [1.29, 1.82) is 0 Å². The van der Waals surface area contributed by atoms with Gasteiger partial charge in [-0.05, 0) is 31.0 Å². The van der Waals surface area contributed by atoms with Crippen LogP contribution in [0, 0.1) is 11.7 Å². The molecule has 1 N–H and O–H groups in total. The SMILES string of the molecule is CC(C)C(C)NCCN(C)c1cccc(F)c1. The number of hydrogen-bond acceptors (Lipinski definition) is 2. The summed E-state index contributed by atoms with van der Waals surface area (Å²) in [6, 6.07) is 7.21. The van der Waals surface area contributed by atoms with Crippen LogP contribution in [0.5, 0.6) is 0 Å². The van der Waals surface area contributed by atoms with Crippen molar-refractivity contribution in [2.45, 2.75) is 26.8 Å². The average Bonchev–Trinajstić information content (AvgIpc) is 2.28. The molecular formula is C14H23FN2. The van der Waals surface area contributed by atoms with E-state index in [0.29, 0.717) is 12.0 Å². The quantitative estimate of drug-likeness (QED) is 0.820. The van der Waals surface area contributed by atoms with Crippen LogP contribution in [0.2, 0.25) is 0 Å². The van der Waals surface area contributed by atoms with Gasteiger partial charge in [-0.3, -0.25) is 0 Å². The van der Waals surface area contributed by atoms with Crippen molar-refractivity contribution in [2.75, 3.05) is 25.0 Å². The average molecular weight is 238 g/mol. The Bertz CT molecular complexity index is 339. The summed E-state index contributed by atoms with van der Waals surface area (Å²) in [4.78, 5) is 2.06. The van der Waals surface area contributed by atoms with Crippen molar-refractivity contribution in [3.05, 3.63) is 30.1 Å². The highest BCUT2D eigenvalue weighted by molar-refractivity contribution is 5.45. The maximum absolute atomic E-state index is 13.0. The highest BCUT2D eigenvalue weighted by Crippen LogP contribution is 2.13. The molecule has 1 rings (SSSR count). The summed E-state index contributed by atoms with van der Waals surface area (Å²) >= 11 is 0. The maximum Gasteiger partial charge on any atom is 0.125 e. The van der Waals surface area contributed by atoms with E-state index < -0.39 is 0 Å². The zero-order chi connectivity index (χ0) is 12.8. The first-order valence-electron chi connectivity index (χ1n) is 6.21. The Morgan fingerprint density at radius 1 is 1.29 bits per heavy atom. The summed E-state index contributed by atoms with van der Waals surface area (Å²) in [7, 11) is 1.98. The normalized spacial score (nSPS) is 12.8. The van der Waals surface area contributed by atoms with Crippen molar-refractivity contribution < 1.29 is 4.39 Å². The van der Waals surface area contributed by atoms with Crippen LogP contribution in [0.25, 0.3) is 0 Å². The topological polar surface area (TPSA) is 15.3 Å². The van der Waals surface area contributed by atoms with E-state index in [9.17, 15) is 4.39 Å². The van der Waals surface area contributed by atoms with Gasteiger partial charge in [-0.25, -0.2) is 4.39 Å². The molecule has 0 bridgehead atoms. The van der Waals surface area contributed by atoms with Gasteiger partial charge in [0.15, 0.2) is 0 Å². The lowest BCUT2D eigenvalue weighted by molar-refractivity contribution is 0.431. The standard InChI is InChI=1S/C14H23FN2/c1-11(2)12(3)16-8-9-17(4)14-7-5-6-13(15)10-14/h5-7,10-12,16H,8-9H2,1-4H3. The first-order chi connectivity index (χ1) is 8.00. The minimum absolute atomic E-state index is 0.183. The summed E-state index contributed by atoms with van der Waals surface area (Å²) in [5.74, 6) is 0.451. The molecule has 1 atom stereocenters. The molecule has 3 heteroatoms. The molecule has 0 aliphatic heterocycles. The van der Waals surface area contributed by atoms with E-state index >= 15 is 0 Å². The summed E-state index contributed by atoms with van der Waals surface area (Å²) in [6.45, 7) is 8.38. The largest absolute Gasteiger partial charge is 0.373 e. The third-order valence-corrected chi connectivity index (χ3v) is 3.16. The van der Waals surface area contributed by atoms with Gasteiger partial charge in [0.2, 0.25) is 0 Å². The molecule has 1 aromatic carbocycles. The minimum atomic E-state index is -0.183. The number of nitrogens with zero attached hydrogens (tertiary/aromatic N) is 1. The minimum Gasteiger partial charge on any atom is -0.373 e. The van der Waals surface area contributed by atoms with Crippen molar-refractivity contribution in [1.82, 2.24) is 5.32 Å². The predicted molar refractivity (Wildman–Crippen MR) is 72.0 cm³/mol. The summed E-state index contributed by atoms with van der Waals surface area (Å²) < 4.78 is 13.0. The number of hydrogen-bond donors (Lipinski definition) is 1. The molecule has 17 heavy (non-hydrogen) atoms. The van der Waals surface area contributed by atoms with E-state index in [1.54, 1.807) is 12.1 Å². The first-order valence-corrected chi connectivity index (χ1v) is 6.21. The fourth-order valence-electron chi connectivity index (χ4n) is 1.54. The van der Waals surface area contributed by atoms with Gasteiger partial charge in [0.1, 0.15) is 5.82 Å². The first kappa shape index (κ1) is 14.0. The molecule has 1 aromatic rings. The van der Waals surface area contributed by atoms with Gasteiger partial charge in [0, 0.05) is 31.9 Å².